The lowest BCUT2D eigenvalue weighted by Gasteiger charge is -2.49. The van der Waals surface area contributed by atoms with Crippen molar-refractivity contribution in [3.8, 4) is 0 Å². The molecule has 2 aliphatic rings. The summed E-state index contributed by atoms with van der Waals surface area (Å²) in [5, 5.41) is 18.0. The minimum Gasteiger partial charge on any atom is -0.477 e. The predicted octanol–water partition coefficient (Wildman–Crippen LogP) is 0.209. The number of nitrogen functional groups attached to an aromatic ring is 3. The van der Waals surface area contributed by atoms with Crippen LogP contribution in [0.3, 0.4) is 0 Å². The van der Waals surface area contributed by atoms with Crippen molar-refractivity contribution in [1.29, 1.82) is 0 Å². The first-order valence-corrected chi connectivity index (χ1v) is 13.8. The van der Waals surface area contributed by atoms with Gasteiger partial charge in [-0.25, -0.2) is 19.7 Å². The molecule has 2 aromatic heterocycles. The Morgan fingerprint density at radius 1 is 1.28 bits per heavy atom. The first-order valence-electron chi connectivity index (χ1n) is 9.89. The van der Waals surface area contributed by atoms with E-state index >= 15 is 0 Å². The average molecular weight is 570 g/mol. The van der Waals surface area contributed by atoms with E-state index in [1.165, 1.54) is 58.7 Å². The number of thioether (sulfide) groups is 3. The Balaban J connectivity index is 1.45. The molecule has 2 amide bonds. The van der Waals surface area contributed by atoms with Crippen molar-refractivity contribution in [2.45, 2.75) is 16.6 Å². The second-order valence-electron chi connectivity index (χ2n) is 7.04. The van der Waals surface area contributed by atoms with E-state index in [0.717, 1.165) is 11.3 Å². The SMILES string of the molecule is CO/N=C(\C(=O)NC1C(=O)N2C(C(=O)O)=C(SCSc3nc(N)cc(N)n3)CSC12)c1csc(N)n1. The monoisotopic (exact) mass is 569 g/mol. The summed E-state index contributed by atoms with van der Waals surface area (Å²) >= 11 is 4.94. The number of anilines is 3. The van der Waals surface area contributed by atoms with Gasteiger partial charge in [0.05, 0.1) is 5.08 Å². The molecule has 2 aliphatic heterocycles. The third-order valence-electron chi connectivity index (χ3n) is 4.75. The highest BCUT2D eigenvalue weighted by atomic mass is 32.2. The lowest BCUT2D eigenvalue weighted by molar-refractivity contribution is -0.150. The number of nitrogens with two attached hydrogens (primary N) is 3. The number of carbonyl (C=O) groups is 3. The van der Waals surface area contributed by atoms with E-state index in [-0.39, 0.29) is 33.9 Å². The van der Waals surface area contributed by atoms with Crippen LogP contribution in [0.15, 0.2) is 32.4 Å². The van der Waals surface area contributed by atoms with Gasteiger partial charge in [0.15, 0.2) is 16.0 Å². The molecule has 0 spiro atoms. The summed E-state index contributed by atoms with van der Waals surface area (Å²) < 4.78 is 0. The van der Waals surface area contributed by atoms with Crippen LogP contribution in [0, 0.1) is 0 Å². The van der Waals surface area contributed by atoms with Gasteiger partial charge in [-0.15, -0.1) is 34.9 Å². The van der Waals surface area contributed by atoms with Crippen molar-refractivity contribution in [3.05, 3.63) is 27.7 Å². The standard InChI is InChI=1S/C18H19N9O5S4/c1-32-26-10(6-3-34-17(21)22-6)13(28)25-11-14(29)27-12(16(30)31)7(4-33-15(11)27)35-5-36-18-23-8(19)2-9(20)24-18/h2-3,11,15H,4-5H2,1H3,(H2,21,22)(H,25,28)(H,30,31)(H4,19,20,23,24)/b26-10-. The summed E-state index contributed by atoms with van der Waals surface area (Å²) in [7, 11) is 1.27. The minimum absolute atomic E-state index is 0.120. The van der Waals surface area contributed by atoms with Crippen LogP contribution in [0.1, 0.15) is 5.69 Å². The van der Waals surface area contributed by atoms with Crippen molar-refractivity contribution in [2.24, 2.45) is 5.16 Å². The lowest BCUT2D eigenvalue weighted by atomic mass is 10.0. The van der Waals surface area contributed by atoms with Gasteiger partial charge in [-0.3, -0.25) is 14.5 Å². The van der Waals surface area contributed by atoms with Crippen molar-refractivity contribution in [3.63, 3.8) is 0 Å². The maximum absolute atomic E-state index is 12.9. The number of nitrogens with one attached hydrogen (secondary N) is 1. The van der Waals surface area contributed by atoms with Crippen LogP contribution in [0.2, 0.25) is 0 Å². The number of carboxylic acid groups (broad SMARTS) is 1. The third kappa shape index (κ3) is 5.30. The van der Waals surface area contributed by atoms with Gasteiger partial charge in [0, 0.05) is 22.1 Å². The minimum atomic E-state index is -1.24. The number of carboxylic acids is 1. The molecule has 0 saturated carbocycles. The number of β-lactam (4-membered cyclic amide) rings is 1. The zero-order valence-corrected chi connectivity index (χ0v) is 21.7. The summed E-state index contributed by atoms with van der Waals surface area (Å²) in [5.74, 6) is -1.70. The highest BCUT2D eigenvalue weighted by Gasteiger charge is 2.54. The number of aromatic nitrogens is 3. The van der Waals surface area contributed by atoms with Crippen LogP contribution in [-0.4, -0.2) is 77.8 Å². The molecule has 190 valence electrons. The Morgan fingerprint density at radius 2 is 2.00 bits per heavy atom. The van der Waals surface area contributed by atoms with E-state index in [4.69, 9.17) is 22.0 Å². The first-order chi connectivity index (χ1) is 17.2. The number of rotatable bonds is 9. The second-order valence-corrected chi connectivity index (χ2v) is 11.4. The normalized spacial score (nSPS) is 19.5. The number of carbonyl (C=O) groups excluding carboxylic acids is 2. The van der Waals surface area contributed by atoms with Crippen LogP contribution in [0.4, 0.5) is 16.8 Å². The van der Waals surface area contributed by atoms with E-state index < -0.39 is 29.2 Å². The Morgan fingerprint density at radius 3 is 2.61 bits per heavy atom. The molecule has 18 heteroatoms. The maximum Gasteiger partial charge on any atom is 0.353 e. The molecule has 8 N–H and O–H groups in total. The Bertz CT molecular complexity index is 1260. The van der Waals surface area contributed by atoms with E-state index in [1.807, 2.05) is 0 Å². The molecule has 0 bridgehead atoms. The molecule has 4 heterocycles. The molecule has 14 nitrogen and oxygen atoms in total. The molecular weight excluding hydrogens is 551 g/mol. The van der Waals surface area contributed by atoms with Gasteiger partial charge < -0.3 is 32.5 Å². The molecule has 0 aliphatic carbocycles. The van der Waals surface area contributed by atoms with Gasteiger partial charge in [0.1, 0.15) is 41.6 Å². The fourth-order valence-corrected chi connectivity index (χ4v) is 7.45. The predicted molar refractivity (Wildman–Crippen MR) is 139 cm³/mol. The number of hydrogen-bond donors (Lipinski definition) is 5. The molecule has 2 aromatic rings. The number of fused-ring (bicyclic) bond motifs is 1. The quantitative estimate of drug-likeness (QED) is 0.0679. The topological polar surface area (TPSA) is 225 Å². The Hall–Kier alpha value is -3.22. The summed E-state index contributed by atoms with van der Waals surface area (Å²) in [6.45, 7) is 0. The number of nitrogens with zero attached hydrogens (tertiary/aromatic N) is 5. The smallest absolute Gasteiger partial charge is 0.353 e. The van der Waals surface area contributed by atoms with Crippen LogP contribution in [-0.2, 0) is 19.2 Å². The Labute approximate surface area is 220 Å². The fourth-order valence-electron chi connectivity index (χ4n) is 3.28. The largest absolute Gasteiger partial charge is 0.477 e. The fraction of sp³-hybridized carbons (Fsp3) is 0.278. The van der Waals surface area contributed by atoms with Gasteiger partial charge in [-0.2, -0.15) is 0 Å². The van der Waals surface area contributed by atoms with Gasteiger partial charge in [-0.05, 0) is 0 Å². The molecular formula is C18H19N9O5S4. The van der Waals surface area contributed by atoms with Crippen molar-refractivity contribution in [1.82, 2.24) is 25.2 Å². The van der Waals surface area contributed by atoms with E-state index in [2.05, 4.69) is 25.4 Å². The number of amides is 2. The molecule has 2 atom stereocenters. The molecule has 36 heavy (non-hydrogen) atoms. The molecule has 1 fully saturated rings. The summed E-state index contributed by atoms with van der Waals surface area (Å²) in [4.78, 5) is 56.4. The second kappa shape index (κ2) is 10.8. The average Bonchev–Trinajstić information content (AvgIpc) is 3.25. The highest BCUT2D eigenvalue weighted by molar-refractivity contribution is 8.18. The number of hydrogen-bond acceptors (Lipinski definition) is 15. The van der Waals surface area contributed by atoms with Crippen LogP contribution in [0.25, 0.3) is 0 Å². The van der Waals surface area contributed by atoms with Crippen LogP contribution in [0.5, 0.6) is 0 Å². The van der Waals surface area contributed by atoms with Gasteiger partial charge >= 0.3 is 5.97 Å². The van der Waals surface area contributed by atoms with E-state index in [9.17, 15) is 19.5 Å². The van der Waals surface area contributed by atoms with Crippen molar-refractivity contribution >= 4 is 86.9 Å². The van der Waals surface area contributed by atoms with Crippen molar-refractivity contribution < 1.29 is 24.3 Å². The van der Waals surface area contributed by atoms with Gasteiger partial charge in [0.25, 0.3) is 11.8 Å². The number of thiazole rings is 1. The first kappa shape index (κ1) is 25.9. The molecule has 0 radical (unpaired) electrons. The summed E-state index contributed by atoms with van der Waals surface area (Å²) in [6.07, 6.45) is 0. The summed E-state index contributed by atoms with van der Waals surface area (Å²) in [5.41, 5.74) is 16.9. The molecule has 0 aromatic carbocycles. The molecule has 1 saturated heterocycles. The van der Waals surface area contributed by atoms with Gasteiger partial charge in [0.2, 0.25) is 0 Å². The summed E-state index contributed by atoms with van der Waals surface area (Å²) in [6, 6.07) is 0.487. The Kier molecular flexibility index (Phi) is 7.76. The maximum atomic E-state index is 12.9. The zero-order valence-electron chi connectivity index (χ0n) is 18.4. The van der Waals surface area contributed by atoms with Crippen molar-refractivity contribution in [2.75, 3.05) is 35.1 Å². The van der Waals surface area contributed by atoms with E-state index in [1.54, 1.807) is 0 Å². The van der Waals surface area contributed by atoms with Crippen LogP contribution < -0.4 is 22.5 Å². The number of aliphatic carboxylic acids is 1. The zero-order chi connectivity index (χ0) is 26.0. The molecule has 2 unspecified atom stereocenters. The van der Waals surface area contributed by atoms with Gasteiger partial charge in [-0.1, -0.05) is 16.9 Å². The lowest BCUT2D eigenvalue weighted by Crippen LogP contribution is -2.71. The third-order valence-corrected chi connectivity index (χ3v) is 8.96. The van der Waals surface area contributed by atoms with E-state index in [0.29, 0.717) is 20.9 Å². The molecule has 4 rings (SSSR count). The number of oxime groups is 1. The van der Waals surface area contributed by atoms with Crippen LogP contribution >= 0.6 is 46.6 Å². The highest BCUT2D eigenvalue weighted by Crippen LogP contribution is 2.44.